The maximum atomic E-state index is 8.81. The second kappa shape index (κ2) is 8.48. The van der Waals surface area contributed by atoms with Gasteiger partial charge in [-0.1, -0.05) is 0 Å². The molecule has 0 aromatic heterocycles. The highest BCUT2D eigenvalue weighted by molar-refractivity contribution is 6.48. The minimum Gasteiger partial charge on any atom is -0.403 e. The number of alkyl halides is 2. The molecule has 3 aliphatic rings. The topological polar surface area (TPSA) is 38.7 Å². The summed E-state index contributed by atoms with van der Waals surface area (Å²) in [5, 5.41) is 8.81. The second-order valence-electron chi connectivity index (χ2n) is 8.51. The van der Waals surface area contributed by atoms with Crippen LogP contribution in [-0.2, 0) is 9.31 Å². The van der Waals surface area contributed by atoms with Crippen LogP contribution in [0.4, 0.5) is 0 Å². The first-order chi connectivity index (χ1) is 11.2. The lowest BCUT2D eigenvalue weighted by molar-refractivity contribution is 0.00578. The predicted molar refractivity (Wildman–Crippen MR) is 102 cm³/mol. The van der Waals surface area contributed by atoms with Crippen LogP contribution in [0.25, 0.3) is 0 Å². The van der Waals surface area contributed by atoms with Gasteiger partial charge in [0, 0.05) is 11.8 Å². The normalized spacial score (nSPS) is 35.4. The molecule has 2 aliphatic carbocycles. The molecule has 3 rings (SSSR count). The van der Waals surface area contributed by atoms with E-state index in [1.54, 1.807) is 0 Å². The van der Waals surface area contributed by atoms with Crippen molar-refractivity contribution in [2.24, 2.45) is 11.8 Å². The third-order valence-electron chi connectivity index (χ3n) is 5.90. The van der Waals surface area contributed by atoms with Gasteiger partial charge >= 0.3 is 7.12 Å². The Morgan fingerprint density at radius 2 is 1.38 bits per heavy atom. The lowest BCUT2D eigenvalue weighted by atomic mass is 9.80. The van der Waals surface area contributed by atoms with E-state index >= 15 is 0 Å². The van der Waals surface area contributed by atoms with Gasteiger partial charge in [-0.3, -0.25) is 0 Å². The zero-order chi connectivity index (χ0) is 18.0. The Morgan fingerprint density at radius 1 is 0.917 bits per heavy atom. The summed E-state index contributed by atoms with van der Waals surface area (Å²) in [5.41, 5.74) is -0.366. The summed E-state index contributed by atoms with van der Waals surface area (Å²) < 4.78 is 12.1. The molecule has 0 amide bonds. The summed E-state index contributed by atoms with van der Waals surface area (Å²) in [6, 6.07) is 0. The molecular formula is C18H33BCl2O3. The van der Waals surface area contributed by atoms with E-state index in [-0.39, 0.29) is 24.4 Å². The van der Waals surface area contributed by atoms with Crippen LogP contribution < -0.4 is 0 Å². The lowest BCUT2D eigenvalue weighted by Crippen LogP contribution is -2.41. The maximum absolute atomic E-state index is 8.81. The first-order valence-corrected chi connectivity index (χ1v) is 10.4. The largest absolute Gasteiger partial charge is 0.461 e. The third-order valence-corrected chi connectivity index (χ3v) is 6.44. The highest BCUT2D eigenvalue weighted by Gasteiger charge is 2.59. The Bertz CT molecular complexity index is 390. The lowest BCUT2D eigenvalue weighted by Gasteiger charge is -2.32. The number of aliphatic hydroxyl groups is 1. The number of hydrogen-bond donors (Lipinski definition) is 1. The van der Waals surface area contributed by atoms with Gasteiger partial charge in [0.05, 0.1) is 17.3 Å². The minimum atomic E-state index is -0.183. The van der Waals surface area contributed by atoms with Gasteiger partial charge in [0.25, 0.3) is 0 Å². The SMILES string of the molecule is CC1(C)OB(C2C[C@H]2CCCCl)OC1(C)C.OC1C[C@H]1CCCCl. The number of aliphatic hydroxyl groups excluding tert-OH is 1. The molecule has 1 heterocycles. The number of halogens is 2. The highest BCUT2D eigenvalue weighted by Crippen LogP contribution is 2.54. The van der Waals surface area contributed by atoms with E-state index in [0.717, 1.165) is 43.4 Å². The van der Waals surface area contributed by atoms with Crippen molar-refractivity contribution < 1.29 is 14.4 Å². The smallest absolute Gasteiger partial charge is 0.403 e. The molecule has 2 unspecified atom stereocenters. The first-order valence-electron chi connectivity index (χ1n) is 9.37. The average Bonchev–Trinajstić information content (AvgIpc) is 3.38. The van der Waals surface area contributed by atoms with Gasteiger partial charge in [-0.2, -0.15) is 0 Å². The van der Waals surface area contributed by atoms with Crippen molar-refractivity contribution in [1.82, 2.24) is 0 Å². The van der Waals surface area contributed by atoms with E-state index < -0.39 is 0 Å². The van der Waals surface area contributed by atoms with E-state index in [0.29, 0.717) is 11.7 Å². The van der Waals surface area contributed by atoms with Gasteiger partial charge in [-0.25, -0.2) is 0 Å². The maximum Gasteiger partial charge on any atom is 0.461 e. The number of hydrogen-bond acceptors (Lipinski definition) is 3. The van der Waals surface area contributed by atoms with Crippen LogP contribution in [-0.4, -0.2) is 41.3 Å². The van der Waals surface area contributed by atoms with Crippen molar-refractivity contribution >= 4 is 30.3 Å². The fourth-order valence-electron chi connectivity index (χ4n) is 3.22. The summed E-state index contributed by atoms with van der Waals surface area (Å²) in [5.74, 6) is 3.47. The molecule has 140 valence electrons. The fourth-order valence-corrected chi connectivity index (χ4v) is 3.53. The van der Waals surface area contributed by atoms with Gasteiger partial charge < -0.3 is 14.4 Å². The van der Waals surface area contributed by atoms with Gasteiger partial charge in [0.2, 0.25) is 0 Å². The van der Waals surface area contributed by atoms with Crippen molar-refractivity contribution in [2.45, 2.75) is 89.3 Å². The van der Waals surface area contributed by atoms with Crippen molar-refractivity contribution in [3.05, 3.63) is 0 Å². The quantitative estimate of drug-likeness (QED) is 0.507. The molecule has 0 radical (unpaired) electrons. The molecule has 24 heavy (non-hydrogen) atoms. The first kappa shape index (κ1) is 20.8. The third kappa shape index (κ3) is 5.51. The molecule has 0 bridgehead atoms. The zero-order valence-electron chi connectivity index (χ0n) is 15.6. The molecule has 2 saturated carbocycles. The van der Waals surface area contributed by atoms with Crippen LogP contribution in [0.15, 0.2) is 0 Å². The van der Waals surface area contributed by atoms with Crippen LogP contribution in [0, 0.1) is 11.8 Å². The van der Waals surface area contributed by atoms with Crippen molar-refractivity contribution in [2.75, 3.05) is 11.8 Å². The summed E-state index contributed by atoms with van der Waals surface area (Å²) in [6.07, 6.45) is 6.78. The van der Waals surface area contributed by atoms with Crippen LogP contribution in [0.5, 0.6) is 0 Å². The van der Waals surface area contributed by atoms with Gasteiger partial charge in [-0.15, -0.1) is 23.2 Å². The molecule has 6 heteroatoms. The van der Waals surface area contributed by atoms with E-state index in [4.69, 9.17) is 37.6 Å². The molecule has 3 nitrogen and oxygen atoms in total. The summed E-state index contributed by atoms with van der Waals surface area (Å²) in [6.45, 7) is 8.46. The predicted octanol–water partition coefficient (Wildman–Crippen LogP) is 4.87. The van der Waals surface area contributed by atoms with Gasteiger partial charge in [0.1, 0.15) is 0 Å². The van der Waals surface area contributed by atoms with Crippen LogP contribution in [0.3, 0.4) is 0 Å². The van der Waals surface area contributed by atoms with E-state index in [1.807, 2.05) is 0 Å². The molecule has 1 saturated heterocycles. The monoisotopic (exact) mass is 378 g/mol. The van der Waals surface area contributed by atoms with Crippen molar-refractivity contribution in [3.63, 3.8) is 0 Å². The Labute approximate surface area is 157 Å². The molecule has 3 fully saturated rings. The second-order valence-corrected chi connectivity index (χ2v) is 9.27. The van der Waals surface area contributed by atoms with Crippen molar-refractivity contribution in [1.29, 1.82) is 0 Å². The fraction of sp³-hybridized carbons (Fsp3) is 1.00. The van der Waals surface area contributed by atoms with Crippen LogP contribution >= 0.6 is 23.2 Å². The minimum absolute atomic E-state index is 0.00493. The standard InChI is InChI=1S/C12H22BClO2.C6H11ClO/c1-11(2)12(3,4)16-13(15-11)10-8-9(10)6-5-7-14;7-3-1-2-5-4-6(5)8/h9-10H,5-8H2,1-4H3;5-6,8H,1-4H2/t9-,10?;5-,6?/m11/s1. The van der Waals surface area contributed by atoms with Crippen molar-refractivity contribution in [3.8, 4) is 0 Å². The molecule has 1 N–H and O–H groups in total. The molecule has 0 aromatic carbocycles. The average molecular weight is 379 g/mol. The molecule has 1 aliphatic heterocycles. The Balaban J connectivity index is 0.000000219. The Kier molecular flexibility index (Phi) is 7.36. The molecule has 0 aromatic rings. The summed E-state index contributed by atoms with van der Waals surface area (Å²) >= 11 is 11.1. The van der Waals surface area contributed by atoms with E-state index in [2.05, 4.69) is 27.7 Å². The van der Waals surface area contributed by atoms with E-state index in [1.165, 1.54) is 12.8 Å². The zero-order valence-corrected chi connectivity index (χ0v) is 17.1. The van der Waals surface area contributed by atoms with E-state index in [9.17, 15) is 0 Å². The number of rotatable bonds is 7. The summed E-state index contributed by atoms with van der Waals surface area (Å²) in [4.78, 5) is 0. The molecular weight excluding hydrogens is 346 g/mol. The molecule has 0 spiro atoms. The Morgan fingerprint density at radius 3 is 1.79 bits per heavy atom. The van der Waals surface area contributed by atoms with Gasteiger partial charge in [0.15, 0.2) is 0 Å². The van der Waals surface area contributed by atoms with Crippen LogP contribution in [0.2, 0.25) is 5.82 Å². The van der Waals surface area contributed by atoms with Crippen LogP contribution in [0.1, 0.15) is 66.2 Å². The van der Waals surface area contributed by atoms with Gasteiger partial charge in [-0.05, 0) is 83.9 Å². The summed E-state index contributed by atoms with van der Waals surface area (Å²) in [7, 11) is 0.00493. The molecule has 4 atom stereocenters. The highest BCUT2D eigenvalue weighted by atomic mass is 35.5. The Hall–Kier alpha value is 0.525.